The molecule has 17 heavy (non-hydrogen) atoms. The molecule has 0 aliphatic carbocycles. The van der Waals surface area contributed by atoms with Crippen molar-refractivity contribution in [1.82, 2.24) is 14.6 Å². The molecule has 0 aliphatic rings. The summed E-state index contributed by atoms with van der Waals surface area (Å²) in [6, 6.07) is 3.80. The van der Waals surface area contributed by atoms with Crippen LogP contribution in [0.15, 0.2) is 22.8 Å². The van der Waals surface area contributed by atoms with Crippen molar-refractivity contribution < 1.29 is 4.21 Å². The summed E-state index contributed by atoms with van der Waals surface area (Å²) < 4.78 is 13.8. The van der Waals surface area contributed by atoms with Crippen LogP contribution in [0.5, 0.6) is 0 Å². The number of rotatable bonds is 4. The number of anilines is 1. The molecule has 2 aromatic rings. The van der Waals surface area contributed by atoms with Crippen molar-refractivity contribution in [2.24, 2.45) is 0 Å². The zero-order valence-electron chi connectivity index (χ0n) is 9.55. The number of hydrogen-bond donors (Lipinski definition) is 1. The molecule has 0 aliphatic heterocycles. The van der Waals surface area contributed by atoms with E-state index in [-0.39, 0.29) is 5.25 Å². The van der Waals surface area contributed by atoms with Gasteiger partial charge in [-0.05, 0) is 35.0 Å². The zero-order valence-corrected chi connectivity index (χ0v) is 12.0. The van der Waals surface area contributed by atoms with Crippen LogP contribution in [0.25, 0.3) is 5.65 Å². The fourth-order valence-corrected chi connectivity index (χ4v) is 2.04. The first-order valence-corrected chi connectivity index (χ1v) is 7.56. The number of pyridine rings is 1. The van der Waals surface area contributed by atoms with E-state index in [9.17, 15) is 4.21 Å². The second-order valence-corrected chi connectivity index (χ2v) is 6.41. The molecule has 7 heteroatoms. The molecule has 0 saturated heterocycles. The molecule has 2 unspecified atom stereocenters. The Morgan fingerprint density at radius 2 is 2.41 bits per heavy atom. The van der Waals surface area contributed by atoms with Gasteiger partial charge in [-0.1, -0.05) is 0 Å². The van der Waals surface area contributed by atoms with Crippen LogP contribution in [0.2, 0.25) is 0 Å². The minimum absolute atomic E-state index is 0.0741. The van der Waals surface area contributed by atoms with Crippen molar-refractivity contribution in [2.75, 3.05) is 18.1 Å². The maximum atomic E-state index is 11.2. The third-order valence-electron chi connectivity index (χ3n) is 2.43. The number of nitrogens with zero attached hydrogens (tertiary/aromatic N) is 3. The van der Waals surface area contributed by atoms with Gasteiger partial charge in [0.05, 0.1) is 4.47 Å². The fourth-order valence-electron chi connectivity index (χ4n) is 1.30. The van der Waals surface area contributed by atoms with Gasteiger partial charge in [-0.25, -0.2) is 4.52 Å². The van der Waals surface area contributed by atoms with E-state index in [4.69, 9.17) is 0 Å². The first-order chi connectivity index (χ1) is 8.08. The lowest BCUT2D eigenvalue weighted by molar-refractivity contribution is 0.678. The van der Waals surface area contributed by atoms with E-state index in [1.807, 2.05) is 25.3 Å². The molecule has 0 radical (unpaired) electrons. The van der Waals surface area contributed by atoms with Crippen LogP contribution in [-0.2, 0) is 10.8 Å². The van der Waals surface area contributed by atoms with Gasteiger partial charge in [-0.15, -0.1) is 5.10 Å². The summed E-state index contributed by atoms with van der Waals surface area (Å²) in [5.41, 5.74) is 0.764. The van der Waals surface area contributed by atoms with Gasteiger partial charge < -0.3 is 5.32 Å². The molecule has 92 valence electrons. The van der Waals surface area contributed by atoms with Crippen molar-refractivity contribution in [3.63, 3.8) is 0 Å². The number of hydrogen-bond acceptors (Lipinski definition) is 4. The Hall–Kier alpha value is -0.950. The third kappa shape index (κ3) is 2.84. The molecule has 5 nitrogen and oxygen atoms in total. The number of fused-ring (bicyclic) bond motifs is 1. The van der Waals surface area contributed by atoms with Crippen LogP contribution in [-0.4, -0.2) is 36.9 Å². The molecule has 2 atom stereocenters. The van der Waals surface area contributed by atoms with E-state index in [0.29, 0.717) is 12.5 Å². The lowest BCUT2D eigenvalue weighted by Gasteiger charge is -2.07. The van der Waals surface area contributed by atoms with Crippen LogP contribution >= 0.6 is 15.9 Å². The van der Waals surface area contributed by atoms with E-state index in [0.717, 1.165) is 10.1 Å². The SMILES string of the molecule is CC(CNc1nc2c(Br)cccn2n1)S(C)=O. The number of aromatic nitrogens is 3. The summed E-state index contributed by atoms with van der Waals surface area (Å²) in [4.78, 5) is 4.34. The first-order valence-electron chi connectivity index (χ1n) is 5.15. The van der Waals surface area contributed by atoms with Gasteiger partial charge in [0, 0.05) is 35.0 Å². The molecule has 1 N–H and O–H groups in total. The molecule has 0 fully saturated rings. The number of nitrogens with one attached hydrogen (secondary N) is 1. The third-order valence-corrected chi connectivity index (χ3v) is 4.35. The van der Waals surface area contributed by atoms with E-state index < -0.39 is 10.8 Å². The smallest absolute Gasteiger partial charge is 0.243 e. The van der Waals surface area contributed by atoms with Gasteiger partial charge in [0.15, 0.2) is 5.65 Å². The molecular weight excluding hydrogens is 304 g/mol. The highest BCUT2D eigenvalue weighted by Crippen LogP contribution is 2.16. The van der Waals surface area contributed by atoms with Crippen LogP contribution in [0.4, 0.5) is 5.95 Å². The van der Waals surface area contributed by atoms with Gasteiger partial charge in [0.25, 0.3) is 0 Å². The average Bonchev–Trinajstić information content (AvgIpc) is 2.70. The zero-order chi connectivity index (χ0) is 12.4. The van der Waals surface area contributed by atoms with Crippen LogP contribution in [0, 0.1) is 0 Å². The Labute approximate surface area is 110 Å². The molecule has 2 rings (SSSR count). The molecular formula is C10H13BrN4OS. The average molecular weight is 317 g/mol. The molecule has 0 saturated carbocycles. The lowest BCUT2D eigenvalue weighted by atomic mass is 10.5. The lowest BCUT2D eigenvalue weighted by Crippen LogP contribution is -2.21. The molecule has 2 aromatic heterocycles. The summed E-state index contributed by atoms with van der Waals surface area (Å²) in [5.74, 6) is 0.550. The molecule has 0 bridgehead atoms. The fraction of sp³-hybridized carbons (Fsp3) is 0.400. The molecule has 0 amide bonds. The van der Waals surface area contributed by atoms with Crippen molar-refractivity contribution >= 4 is 38.3 Å². The van der Waals surface area contributed by atoms with E-state index in [2.05, 4.69) is 31.3 Å². The minimum Gasteiger partial charge on any atom is -0.352 e. The molecule has 2 heterocycles. The van der Waals surface area contributed by atoms with E-state index in [1.165, 1.54) is 0 Å². The Morgan fingerprint density at radius 3 is 3.06 bits per heavy atom. The van der Waals surface area contributed by atoms with Crippen molar-refractivity contribution in [3.05, 3.63) is 22.8 Å². The summed E-state index contributed by atoms with van der Waals surface area (Å²) in [7, 11) is -0.840. The van der Waals surface area contributed by atoms with Crippen LogP contribution in [0.1, 0.15) is 6.92 Å². The van der Waals surface area contributed by atoms with Gasteiger partial charge >= 0.3 is 0 Å². The standard InChI is InChI=1S/C10H13BrN4OS/c1-7(17(2)16)6-12-10-13-9-8(11)4-3-5-15(9)14-10/h3-5,7H,6H2,1-2H3,(H,12,14). The maximum Gasteiger partial charge on any atom is 0.243 e. The second-order valence-electron chi connectivity index (χ2n) is 3.75. The molecule has 0 aromatic carbocycles. The predicted molar refractivity (Wildman–Crippen MR) is 72.7 cm³/mol. The van der Waals surface area contributed by atoms with E-state index >= 15 is 0 Å². The normalized spacial score (nSPS) is 14.8. The Bertz CT molecular complexity index is 556. The Balaban J connectivity index is 2.15. The highest BCUT2D eigenvalue weighted by molar-refractivity contribution is 9.10. The largest absolute Gasteiger partial charge is 0.352 e. The second kappa shape index (κ2) is 5.14. The monoisotopic (exact) mass is 316 g/mol. The summed E-state index contributed by atoms with van der Waals surface area (Å²) in [6.07, 6.45) is 3.53. The number of halogens is 1. The van der Waals surface area contributed by atoms with Crippen molar-refractivity contribution in [3.8, 4) is 0 Å². The highest BCUT2D eigenvalue weighted by atomic mass is 79.9. The van der Waals surface area contributed by atoms with Crippen molar-refractivity contribution in [1.29, 1.82) is 0 Å². The van der Waals surface area contributed by atoms with Crippen LogP contribution < -0.4 is 5.32 Å². The van der Waals surface area contributed by atoms with E-state index in [1.54, 1.807) is 10.8 Å². The minimum atomic E-state index is -0.840. The Kier molecular flexibility index (Phi) is 3.78. The van der Waals surface area contributed by atoms with Gasteiger partial charge in [0.2, 0.25) is 5.95 Å². The predicted octanol–water partition coefficient (Wildman–Crippen LogP) is 1.67. The van der Waals surface area contributed by atoms with Gasteiger partial charge in [0.1, 0.15) is 0 Å². The maximum absolute atomic E-state index is 11.2. The van der Waals surface area contributed by atoms with Gasteiger partial charge in [-0.3, -0.25) is 4.21 Å². The van der Waals surface area contributed by atoms with Gasteiger partial charge in [-0.2, -0.15) is 4.98 Å². The first kappa shape index (κ1) is 12.5. The summed E-state index contributed by atoms with van der Waals surface area (Å²) >= 11 is 3.41. The highest BCUT2D eigenvalue weighted by Gasteiger charge is 2.09. The Morgan fingerprint density at radius 1 is 1.65 bits per heavy atom. The quantitative estimate of drug-likeness (QED) is 0.932. The summed E-state index contributed by atoms with van der Waals surface area (Å²) in [6.45, 7) is 2.52. The summed E-state index contributed by atoms with van der Waals surface area (Å²) in [5, 5.41) is 7.43. The topological polar surface area (TPSA) is 59.3 Å². The van der Waals surface area contributed by atoms with Crippen molar-refractivity contribution in [2.45, 2.75) is 12.2 Å². The molecule has 0 spiro atoms. The van der Waals surface area contributed by atoms with Crippen LogP contribution in [0.3, 0.4) is 0 Å².